The highest BCUT2D eigenvalue weighted by atomic mass is 127. The van der Waals surface area contributed by atoms with Crippen molar-refractivity contribution in [2.24, 2.45) is 4.99 Å². The van der Waals surface area contributed by atoms with Gasteiger partial charge in [-0.25, -0.2) is 0 Å². The molecule has 5 heteroatoms. The Kier molecular flexibility index (Phi) is 8.13. The van der Waals surface area contributed by atoms with E-state index in [2.05, 4.69) is 52.9 Å². The summed E-state index contributed by atoms with van der Waals surface area (Å²) in [6.07, 6.45) is 0. The Hall–Kier alpha value is -2.07. The summed E-state index contributed by atoms with van der Waals surface area (Å²) in [7, 11) is 1.75. The number of halogens is 1. The van der Waals surface area contributed by atoms with E-state index in [0.717, 1.165) is 18.1 Å². The van der Waals surface area contributed by atoms with Crippen LogP contribution in [0.25, 0.3) is 0 Å². The molecule has 0 bridgehead atoms. The molecule has 0 atom stereocenters. The first kappa shape index (κ1) is 19.0. The van der Waals surface area contributed by atoms with E-state index in [1.165, 1.54) is 11.1 Å². The predicted octanol–water partition coefficient (Wildman–Crippen LogP) is 3.35. The lowest BCUT2D eigenvalue weighted by Crippen LogP contribution is -2.36. The van der Waals surface area contributed by atoms with Crippen molar-refractivity contribution < 1.29 is 0 Å². The second-order valence-corrected chi connectivity index (χ2v) is 5.07. The molecule has 0 aliphatic carbocycles. The molecule has 120 valence electrons. The lowest BCUT2D eigenvalue weighted by atomic mass is 10.1. The van der Waals surface area contributed by atoms with Gasteiger partial charge in [-0.3, -0.25) is 4.99 Å². The van der Waals surface area contributed by atoms with Crippen molar-refractivity contribution in [3.63, 3.8) is 0 Å². The van der Waals surface area contributed by atoms with Crippen LogP contribution in [0.2, 0.25) is 0 Å². The lowest BCUT2D eigenvalue weighted by molar-refractivity contribution is 0.809. The third kappa shape index (κ3) is 6.28. The number of nitrogens with zero attached hydrogens (tertiary/aromatic N) is 2. The van der Waals surface area contributed by atoms with Crippen molar-refractivity contribution in [1.29, 1.82) is 5.26 Å². The van der Waals surface area contributed by atoms with Crippen molar-refractivity contribution in [3.8, 4) is 6.07 Å². The van der Waals surface area contributed by atoms with Gasteiger partial charge in [0.2, 0.25) is 0 Å². The van der Waals surface area contributed by atoms with Crippen LogP contribution >= 0.6 is 24.0 Å². The second-order valence-electron chi connectivity index (χ2n) is 5.07. The lowest BCUT2D eigenvalue weighted by Gasteiger charge is -2.12. The van der Waals surface area contributed by atoms with Crippen LogP contribution in [-0.2, 0) is 13.1 Å². The van der Waals surface area contributed by atoms with Gasteiger partial charge in [-0.2, -0.15) is 5.26 Å². The minimum absolute atomic E-state index is 0. The summed E-state index contributed by atoms with van der Waals surface area (Å²) in [5.74, 6) is 0.755. The standard InChI is InChI=1S/C18H20N4.HI/c1-14-3-5-16(6-4-14)12-21-18(20-2)22-13-17-9-7-15(11-19)8-10-17;/h3-10H,12-13H2,1-2H3,(H2,20,21,22);1H. The Balaban J connectivity index is 0.00000264. The van der Waals surface area contributed by atoms with Gasteiger partial charge in [0.15, 0.2) is 5.96 Å². The van der Waals surface area contributed by atoms with Gasteiger partial charge >= 0.3 is 0 Å². The highest BCUT2D eigenvalue weighted by Gasteiger charge is 1.99. The molecule has 0 spiro atoms. The SMILES string of the molecule is CN=C(NCc1ccc(C)cc1)NCc1ccc(C#N)cc1.I. The van der Waals surface area contributed by atoms with Gasteiger partial charge in [-0.15, -0.1) is 24.0 Å². The fourth-order valence-corrected chi connectivity index (χ4v) is 2.00. The molecular weight excluding hydrogens is 399 g/mol. The molecule has 0 aromatic heterocycles. The second kappa shape index (κ2) is 9.85. The van der Waals surface area contributed by atoms with Gasteiger partial charge in [-0.05, 0) is 30.2 Å². The summed E-state index contributed by atoms with van der Waals surface area (Å²) < 4.78 is 0. The molecule has 23 heavy (non-hydrogen) atoms. The smallest absolute Gasteiger partial charge is 0.191 e. The van der Waals surface area contributed by atoms with Crippen LogP contribution in [-0.4, -0.2) is 13.0 Å². The van der Waals surface area contributed by atoms with Crippen molar-refractivity contribution in [2.75, 3.05) is 7.05 Å². The summed E-state index contributed by atoms with van der Waals surface area (Å²) >= 11 is 0. The van der Waals surface area contributed by atoms with Gasteiger partial charge in [0.25, 0.3) is 0 Å². The van der Waals surface area contributed by atoms with Crippen LogP contribution in [0.3, 0.4) is 0 Å². The van der Waals surface area contributed by atoms with Crippen molar-refractivity contribution in [2.45, 2.75) is 20.0 Å². The van der Waals surface area contributed by atoms with E-state index in [-0.39, 0.29) is 24.0 Å². The van der Waals surface area contributed by atoms with Gasteiger partial charge in [-0.1, -0.05) is 42.0 Å². The maximum atomic E-state index is 8.79. The first-order valence-electron chi connectivity index (χ1n) is 7.20. The molecule has 4 nitrogen and oxygen atoms in total. The molecule has 2 rings (SSSR count). The van der Waals surface area contributed by atoms with Gasteiger partial charge in [0.1, 0.15) is 0 Å². The predicted molar refractivity (Wildman–Crippen MR) is 105 cm³/mol. The van der Waals surface area contributed by atoms with E-state index in [4.69, 9.17) is 5.26 Å². The van der Waals surface area contributed by atoms with E-state index in [9.17, 15) is 0 Å². The normalized spacial score (nSPS) is 10.4. The first-order chi connectivity index (χ1) is 10.7. The first-order valence-corrected chi connectivity index (χ1v) is 7.20. The minimum Gasteiger partial charge on any atom is -0.352 e. The zero-order valence-corrected chi connectivity index (χ0v) is 15.7. The molecule has 2 aromatic rings. The summed E-state index contributed by atoms with van der Waals surface area (Å²) in [5, 5.41) is 15.3. The van der Waals surface area contributed by atoms with Crippen LogP contribution in [0.5, 0.6) is 0 Å². The van der Waals surface area contributed by atoms with E-state index < -0.39 is 0 Å². The fraction of sp³-hybridized carbons (Fsp3) is 0.222. The van der Waals surface area contributed by atoms with E-state index in [1.807, 2.05) is 24.3 Å². The van der Waals surface area contributed by atoms with Gasteiger partial charge in [0, 0.05) is 20.1 Å². The monoisotopic (exact) mass is 420 g/mol. The number of nitrogens with one attached hydrogen (secondary N) is 2. The van der Waals surface area contributed by atoms with E-state index >= 15 is 0 Å². The number of guanidine groups is 1. The molecule has 2 aromatic carbocycles. The van der Waals surface area contributed by atoms with Gasteiger partial charge < -0.3 is 10.6 Å². The minimum atomic E-state index is 0. The summed E-state index contributed by atoms with van der Waals surface area (Å²) in [6, 6.07) is 18.1. The molecule has 0 saturated carbocycles. The van der Waals surface area contributed by atoms with Crippen molar-refractivity contribution in [1.82, 2.24) is 10.6 Å². The number of nitriles is 1. The third-order valence-corrected chi connectivity index (χ3v) is 3.35. The number of aliphatic imine (C=N–C) groups is 1. The molecule has 0 radical (unpaired) electrons. The fourth-order valence-electron chi connectivity index (χ4n) is 2.00. The van der Waals surface area contributed by atoms with Crippen LogP contribution < -0.4 is 10.6 Å². The molecule has 2 N–H and O–H groups in total. The number of rotatable bonds is 4. The van der Waals surface area contributed by atoms with Crippen LogP contribution in [0.1, 0.15) is 22.3 Å². The highest BCUT2D eigenvalue weighted by Crippen LogP contribution is 2.04. The van der Waals surface area contributed by atoms with Crippen molar-refractivity contribution >= 4 is 29.9 Å². The molecule has 0 amide bonds. The molecule has 0 fully saturated rings. The number of hydrogen-bond donors (Lipinski definition) is 2. The summed E-state index contributed by atoms with van der Waals surface area (Å²) in [6.45, 7) is 3.47. The average Bonchev–Trinajstić information content (AvgIpc) is 2.57. The zero-order valence-electron chi connectivity index (χ0n) is 13.3. The largest absolute Gasteiger partial charge is 0.352 e. The number of benzene rings is 2. The maximum Gasteiger partial charge on any atom is 0.191 e. The number of hydrogen-bond acceptors (Lipinski definition) is 2. The maximum absolute atomic E-state index is 8.79. The third-order valence-electron chi connectivity index (χ3n) is 3.35. The molecule has 0 aliphatic heterocycles. The van der Waals surface area contributed by atoms with Crippen LogP contribution in [0.15, 0.2) is 53.5 Å². The zero-order chi connectivity index (χ0) is 15.8. The number of aryl methyl sites for hydroxylation is 1. The Morgan fingerprint density at radius 3 is 1.87 bits per heavy atom. The Morgan fingerprint density at radius 1 is 0.957 bits per heavy atom. The Labute approximate surface area is 154 Å². The highest BCUT2D eigenvalue weighted by molar-refractivity contribution is 14.0. The summed E-state index contributed by atoms with van der Waals surface area (Å²) in [4.78, 5) is 4.21. The topological polar surface area (TPSA) is 60.2 Å². The van der Waals surface area contributed by atoms with E-state index in [1.54, 1.807) is 7.05 Å². The molecule has 0 heterocycles. The van der Waals surface area contributed by atoms with Crippen LogP contribution in [0.4, 0.5) is 0 Å². The van der Waals surface area contributed by atoms with Crippen molar-refractivity contribution in [3.05, 3.63) is 70.8 Å². The van der Waals surface area contributed by atoms with Crippen LogP contribution in [0, 0.1) is 18.3 Å². The molecular formula is C18H21IN4. The molecule has 0 aliphatic rings. The molecule has 0 saturated heterocycles. The Morgan fingerprint density at radius 2 is 1.43 bits per heavy atom. The van der Waals surface area contributed by atoms with Gasteiger partial charge in [0.05, 0.1) is 11.6 Å². The Bertz CT molecular complexity index is 670. The van der Waals surface area contributed by atoms with E-state index in [0.29, 0.717) is 12.1 Å². The average molecular weight is 420 g/mol. The molecule has 0 unspecified atom stereocenters. The quantitative estimate of drug-likeness (QED) is 0.453. The summed E-state index contributed by atoms with van der Waals surface area (Å²) in [5.41, 5.74) is 4.25.